The highest BCUT2D eigenvalue weighted by Crippen LogP contribution is 2.57. The summed E-state index contributed by atoms with van der Waals surface area (Å²) in [5, 5.41) is 12.1. The van der Waals surface area contributed by atoms with Crippen LogP contribution in [-0.2, 0) is 22.2 Å². The van der Waals surface area contributed by atoms with Crippen molar-refractivity contribution in [1.29, 1.82) is 0 Å². The molecular formula is C38H36F3N3O5. The van der Waals surface area contributed by atoms with Crippen molar-refractivity contribution in [3.05, 3.63) is 125 Å². The molecule has 4 aromatic rings. The van der Waals surface area contributed by atoms with Gasteiger partial charge >= 0.3 is 18.2 Å². The number of ether oxygens (including phenoxy) is 1. The van der Waals surface area contributed by atoms with Gasteiger partial charge in [-0.2, -0.15) is 13.2 Å². The zero-order chi connectivity index (χ0) is 35.0. The predicted octanol–water partition coefficient (Wildman–Crippen LogP) is 7.94. The van der Waals surface area contributed by atoms with Crippen LogP contribution in [0.25, 0.3) is 0 Å². The van der Waals surface area contributed by atoms with Crippen molar-refractivity contribution in [3.8, 4) is 5.75 Å². The number of carbonyl (C=O) groups excluding carboxylic acids is 2. The highest BCUT2D eigenvalue weighted by Gasteiger charge is 2.62. The molecule has 49 heavy (non-hydrogen) atoms. The number of likely N-dealkylation sites (tertiary alicyclic amines) is 1. The van der Waals surface area contributed by atoms with E-state index in [-0.39, 0.29) is 30.7 Å². The van der Waals surface area contributed by atoms with Crippen LogP contribution in [0.3, 0.4) is 0 Å². The van der Waals surface area contributed by atoms with Gasteiger partial charge in [0.25, 0.3) is 0 Å². The number of carboxylic acids is 1. The summed E-state index contributed by atoms with van der Waals surface area (Å²) >= 11 is 0. The Bertz CT molecular complexity index is 1820. The predicted molar refractivity (Wildman–Crippen MR) is 178 cm³/mol. The number of piperidine rings is 1. The van der Waals surface area contributed by atoms with E-state index in [0.29, 0.717) is 24.3 Å². The number of amides is 3. The van der Waals surface area contributed by atoms with E-state index in [0.717, 1.165) is 29.7 Å². The molecule has 2 saturated heterocycles. The molecule has 0 bridgehead atoms. The normalized spacial score (nSPS) is 17.4. The van der Waals surface area contributed by atoms with Crippen LogP contribution in [0.2, 0.25) is 0 Å². The molecule has 254 valence electrons. The van der Waals surface area contributed by atoms with E-state index in [9.17, 15) is 32.7 Å². The molecule has 0 aromatic heterocycles. The summed E-state index contributed by atoms with van der Waals surface area (Å²) in [5.74, 6) is -0.826. The van der Waals surface area contributed by atoms with Crippen LogP contribution in [0, 0.1) is 5.41 Å². The maximum atomic E-state index is 14.1. The number of anilines is 2. The number of alkyl halides is 3. The van der Waals surface area contributed by atoms with Crippen LogP contribution in [0.1, 0.15) is 55.0 Å². The SMILES string of the molecule is CC(C)(Oc1ccc(N2C(=O)C3(CCN(C(=O)Nc4ccc(C(F)(F)F)cc4)CC3)C2c2ccc(Cc3ccccc3)cc2)cc1)C(=O)O. The van der Waals surface area contributed by atoms with Gasteiger partial charge in [-0.15, -0.1) is 0 Å². The van der Waals surface area contributed by atoms with Crippen molar-refractivity contribution in [3.63, 3.8) is 0 Å². The van der Waals surface area contributed by atoms with Gasteiger partial charge in [-0.1, -0.05) is 54.6 Å². The number of carbonyl (C=O) groups is 3. The van der Waals surface area contributed by atoms with Gasteiger partial charge in [-0.3, -0.25) is 4.79 Å². The topological polar surface area (TPSA) is 99.2 Å². The highest BCUT2D eigenvalue weighted by atomic mass is 19.4. The third-order valence-corrected chi connectivity index (χ3v) is 9.38. The Morgan fingerprint density at radius 3 is 2.02 bits per heavy atom. The maximum Gasteiger partial charge on any atom is 0.416 e. The van der Waals surface area contributed by atoms with Crippen molar-refractivity contribution in [2.75, 3.05) is 23.3 Å². The Morgan fingerprint density at radius 1 is 0.857 bits per heavy atom. The molecule has 3 amide bonds. The fourth-order valence-electron chi connectivity index (χ4n) is 6.59. The minimum absolute atomic E-state index is 0.0757. The lowest BCUT2D eigenvalue weighted by molar-refractivity contribution is -0.152. The lowest BCUT2D eigenvalue weighted by Crippen LogP contribution is -2.67. The van der Waals surface area contributed by atoms with E-state index in [4.69, 9.17) is 4.74 Å². The van der Waals surface area contributed by atoms with Crippen molar-refractivity contribution in [2.24, 2.45) is 5.41 Å². The number of benzene rings is 4. The first-order chi connectivity index (χ1) is 23.3. The third kappa shape index (κ3) is 6.83. The van der Waals surface area contributed by atoms with Gasteiger partial charge in [-0.05, 0) is 98.3 Å². The number of urea groups is 1. The average Bonchev–Trinajstić information content (AvgIpc) is 3.08. The van der Waals surface area contributed by atoms with Crippen molar-refractivity contribution >= 4 is 29.3 Å². The monoisotopic (exact) mass is 671 g/mol. The van der Waals surface area contributed by atoms with Crippen molar-refractivity contribution in [1.82, 2.24) is 4.90 Å². The number of nitrogens with zero attached hydrogens (tertiary/aromatic N) is 2. The molecule has 11 heteroatoms. The van der Waals surface area contributed by atoms with Crippen LogP contribution < -0.4 is 15.0 Å². The minimum Gasteiger partial charge on any atom is -0.478 e. The molecule has 2 fully saturated rings. The molecule has 1 spiro atoms. The van der Waals surface area contributed by atoms with E-state index < -0.39 is 34.8 Å². The molecule has 1 atom stereocenters. The number of aliphatic carboxylic acids is 1. The first kappa shape index (κ1) is 33.6. The molecule has 0 saturated carbocycles. The second-order valence-corrected chi connectivity index (χ2v) is 13.0. The smallest absolute Gasteiger partial charge is 0.416 e. The van der Waals surface area contributed by atoms with Gasteiger partial charge in [0.15, 0.2) is 5.60 Å². The Morgan fingerprint density at radius 2 is 1.45 bits per heavy atom. The first-order valence-electron chi connectivity index (χ1n) is 16.0. The van der Waals surface area contributed by atoms with Crippen LogP contribution in [0.15, 0.2) is 103 Å². The molecule has 0 aliphatic carbocycles. The summed E-state index contributed by atoms with van der Waals surface area (Å²) in [5.41, 5.74) is 1.13. The van der Waals surface area contributed by atoms with E-state index in [1.165, 1.54) is 31.5 Å². The van der Waals surface area contributed by atoms with Crippen LogP contribution in [-0.4, -0.2) is 46.6 Å². The van der Waals surface area contributed by atoms with Gasteiger partial charge in [-0.25, -0.2) is 9.59 Å². The number of hydrogen-bond acceptors (Lipinski definition) is 4. The summed E-state index contributed by atoms with van der Waals surface area (Å²) in [6.07, 6.45) is -2.92. The quantitative estimate of drug-likeness (QED) is 0.185. The summed E-state index contributed by atoms with van der Waals surface area (Å²) in [4.78, 5) is 42.1. The number of rotatable bonds is 8. The van der Waals surface area contributed by atoms with Crippen LogP contribution >= 0.6 is 0 Å². The Balaban J connectivity index is 1.21. The Kier molecular flexibility index (Phi) is 8.87. The second kappa shape index (κ2) is 12.9. The molecule has 4 aromatic carbocycles. The lowest BCUT2D eigenvalue weighted by atomic mass is 9.62. The molecule has 1 unspecified atom stereocenters. The molecule has 2 N–H and O–H groups in total. The highest BCUT2D eigenvalue weighted by molar-refractivity contribution is 6.06. The van der Waals surface area contributed by atoms with E-state index in [1.54, 1.807) is 34.1 Å². The zero-order valence-electron chi connectivity index (χ0n) is 27.0. The molecule has 0 radical (unpaired) electrons. The summed E-state index contributed by atoms with van der Waals surface area (Å²) in [6.45, 7) is 3.48. The second-order valence-electron chi connectivity index (χ2n) is 13.0. The number of β-lactam (4-membered cyclic amide) rings is 1. The fraction of sp³-hybridized carbons (Fsp3) is 0.289. The van der Waals surface area contributed by atoms with E-state index in [2.05, 4.69) is 29.6 Å². The van der Waals surface area contributed by atoms with Crippen LogP contribution in [0.5, 0.6) is 5.75 Å². The third-order valence-electron chi connectivity index (χ3n) is 9.38. The average molecular weight is 672 g/mol. The standard InChI is InChI=1S/C38H36F3N3O5/c1-36(2,34(46)47)49-31-18-16-30(17-19-31)44-32(27-10-8-26(9-11-27)24-25-6-4-3-5-7-25)37(33(44)45)20-22-43(23-21-37)35(48)42-29-14-12-28(13-15-29)38(39,40)41/h3-19,32H,20-24H2,1-2H3,(H,42,48)(H,46,47). The van der Waals surface area contributed by atoms with Crippen molar-refractivity contribution < 1.29 is 37.4 Å². The van der Waals surface area contributed by atoms with Crippen molar-refractivity contribution in [2.45, 2.75) is 50.9 Å². The molecule has 6 rings (SSSR count). The van der Waals surface area contributed by atoms with Crippen LogP contribution in [0.4, 0.5) is 29.3 Å². The lowest BCUT2D eigenvalue weighted by Gasteiger charge is -2.59. The maximum absolute atomic E-state index is 14.1. The summed E-state index contributed by atoms with van der Waals surface area (Å²) < 4.78 is 44.6. The number of nitrogens with one attached hydrogen (secondary N) is 1. The summed E-state index contributed by atoms with van der Waals surface area (Å²) in [6, 6.07) is 28.6. The zero-order valence-corrected chi connectivity index (χ0v) is 27.0. The minimum atomic E-state index is -4.47. The van der Waals surface area contributed by atoms with Gasteiger partial charge in [0.2, 0.25) is 5.91 Å². The molecular weight excluding hydrogens is 635 g/mol. The fourth-order valence-corrected chi connectivity index (χ4v) is 6.59. The molecule has 8 nitrogen and oxygen atoms in total. The summed E-state index contributed by atoms with van der Waals surface area (Å²) in [7, 11) is 0. The Hall–Kier alpha value is -5.32. The number of halogens is 3. The largest absolute Gasteiger partial charge is 0.478 e. The van der Waals surface area contributed by atoms with Gasteiger partial charge in [0, 0.05) is 24.5 Å². The van der Waals surface area contributed by atoms with Gasteiger partial charge in [0.1, 0.15) is 5.75 Å². The molecule has 2 aliphatic rings. The van der Waals surface area contributed by atoms with E-state index in [1.807, 2.05) is 30.3 Å². The number of carboxylic acid groups (broad SMARTS) is 1. The Labute approximate surface area is 282 Å². The number of hydrogen-bond donors (Lipinski definition) is 2. The van der Waals surface area contributed by atoms with E-state index >= 15 is 0 Å². The van der Waals surface area contributed by atoms with Gasteiger partial charge in [0.05, 0.1) is 17.0 Å². The van der Waals surface area contributed by atoms with Gasteiger partial charge < -0.3 is 25.0 Å². The molecule has 2 aliphatic heterocycles. The first-order valence-corrected chi connectivity index (χ1v) is 16.0. The molecule has 2 heterocycles.